The summed E-state index contributed by atoms with van der Waals surface area (Å²) in [4.78, 5) is 2.42. The number of hydrogen-bond acceptors (Lipinski definition) is 3. The van der Waals surface area contributed by atoms with Gasteiger partial charge in [-0.15, -0.1) is 0 Å². The monoisotopic (exact) mass is 296 g/mol. The van der Waals surface area contributed by atoms with Crippen LogP contribution in [0.5, 0.6) is 0 Å². The second kappa shape index (κ2) is 7.43. The highest BCUT2D eigenvalue weighted by molar-refractivity contribution is 4.92. The number of rotatable bonds is 7. The van der Waals surface area contributed by atoms with Gasteiger partial charge in [-0.05, 0) is 50.6 Å². The first-order chi connectivity index (χ1) is 9.97. The molecule has 0 aromatic heterocycles. The highest BCUT2D eigenvalue weighted by atomic mass is 16.3. The predicted octanol–water partition coefficient (Wildman–Crippen LogP) is 3.03. The fraction of sp³-hybridized carbons (Fsp3) is 1.00. The second-order valence-corrected chi connectivity index (χ2v) is 8.09. The average Bonchev–Trinajstić information content (AvgIpc) is 2.82. The van der Waals surface area contributed by atoms with Crippen LogP contribution < -0.4 is 5.32 Å². The molecule has 2 fully saturated rings. The standard InChI is InChI=1S/C18H36N2O/c1-4-19-13-17(9-7-8-16(2)12-17)14-20(3)15-18(21)10-5-6-11-18/h16,19,21H,4-15H2,1-3H3. The Morgan fingerprint density at radius 3 is 2.48 bits per heavy atom. The lowest BCUT2D eigenvalue weighted by Gasteiger charge is -2.44. The number of nitrogens with one attached hydrogen (secondary N) is 1. The van der Waals surface area contributed by atoms with Crippen LogP contribution in [-0.4, -0.2) is 48.8 Å². The van der Waals surface area contributed by atoms with Gasteiger partial charge in [0.15, 0.2) is 0 Å². The molecule has 2 N–H and O–H groups in total. The van der Waals surface area contributed by atoms with Crippen molar-refractivity contribution in [2.75, 3.05) is 33.2 Å². The first-order valence-corrected chi connectivity index (χ1v) is 9.09. The second-order valence-electron chi connectivity index (χ2n) is 8.09. The molecule has 2 aliphatic rings. The molecule has 0 bridgehead atoms. The summed E-state index contributed by atoms with van der Waals surface area (Å²) in [6, 6.07) is 0. The lowest BCUT2D eigenvalue weighted by atomic mass is 9.69. The van der Waals surface area contributed by atoms with Gasteiger partial charge in [0.1, 0.15) is 0 Å². The van der Waals surface area contributed by atoms with Gasteiger partial charge in [-0.1, -0.05) is 39.5 Å². The number of likely N-dealkylation sites (N-methyl/N-ethyl adjacent to an activating group) is 1. The maximum absolute atomic E-state index is 10.6. The lowest BCUT2D eigenvalue weighted by Crippen LogP contribution is -2.49. The normalized spacial score (nSPS) is 32.7. The molecule has 0 aromatic rings. The number of aliphatic hydroxyl groups is 1. The summed E-state index contributed by atoms with van der Waals surface area (Å²) >= 11 is 0. The quantitative estimate of drug-likeness (QED) is 0.758. The van der Waals surface area contributed by atoms with Crippen molar-refractivity contribution in [3.05, 3.63) is 0 Å². The van der Waals surface area contributed by atoms with Gasteiger partial charge in [0.05, 0.1) is 5.60 Å². The third kappa shape index (κ3) is 4.94. The van der Waals surface area contributed by atoms with Crippen molar-refractivity contribution >= 4 is 0 Å². The summed E-state index contributed by atoms with van der Waals surface area (Å²) in [6.07, 6.45) is 9.82. The number of nitrogens with zero attached hydrogens (tertiary/aromatic N) is 1. The van der Waals surface area contributed by atoms with Crippen LogP contribution in [0, 0.1) is 11.3 Å². The van der Waals surface area contributed by atoms with E-state index in [0.29, 0.717) is 5.41 Å². The molecule has 2 saturated carbocycles. The fourth-order valence-corrected chi connectivity index (χ4v) is 4.84. The van der Waals surface area contributed by atoms with Crippen molar-refractivity contribution in [2.45, 2.75) is 70.8 Å². The van der Waals surface area contributed by atoms with E-state index in [0.717, 1.165) is 44.9 Å². The Morgan fingerprint density at radius 2 is 1.86 bits per heavy atom. The molecular formula is C18H36N2O. The summed E-state index contributed by atoms with van der Waals surface area (Å²) in [7, 11) is 2.21. The molecule has 0 saturated heterocycles. The maximum Gasteiger partial charge on any atom is 0.0774 e. The molecule has 0 aromatic carbocycles. The van der Waals surface area contributed by atoms with E-state index in [4.69, 9.17) is 0 Å². The van der Waals surface area contributed by atoms with E-state index in [9.17, 15) is 5.11 Å². The van der Waals surface area contributed by atoms with E-state index in [1.165, 1.54) is 38.5 Å². The van der Waals surface area contributed by atoms with Gasteiger partial charge in [0.25, 0.3) is 0 Å². The van der Waals surface area contributed by atoms with Gasteiger partial charge in [-0.3, -0.25) is 0 Å². The molecule has 21 heavy (non-hydrogen) atoms. The zero-order valence-corrected chi connectivity index (χ0v) is 14.5. The summed E-state index contributed by atoms with van der Waals surface area (Å²) in [5.74, 6) is 0.848. The Kier molecular flexibility index (Phi) is 6.10. The molecule has 0 heterocycles. The average molecular weight is 296 g/mol. The lowest BCUT2D eigenvalue weighted by molar-refractivity contribution is -0.00238. The molecule has 0 aliphatic heterocycles. The fourth-order valence-electron chi connectivity index (χ4n) is 4.84. The zero-order valence-electron chi connectivity index (χ0n) is 14.5. The maximum atomic E-state index is 10.6. The van der Waals surface area contributed by atoms with Crippen molar-refractivity contribution in [2.24, 2.45) is 11.3 Å². The van der Waals surface area contributed by atoms with E-state index in [-0.39, 0.29) is 0 Å². The first kappa shape index (κ1) is 17.2. The van der Waals surface area contributed by atoms with Gasteiger partial charge in [0.2, 0.25) is 0 Å². The van der Waals surface area contributed by atoms with Crippen LogP contribution in [0.1, 0.15) is 65.2 Å². The van der Waals surface area contributed by atoms with E-state index in [1.807, 2.05) is 0 Å². The molecule has 2 rings (SSSR count). The molecule has 2 atom stereocenters. The molecular weight excluding hydrogens is 260 g/mol. The third-order valence-corrected chi connectivity index (χ3v) is 5.64. The molecule has 0 spiro atoms. The summed E-state index contributed by atoms with van der Waals surface area (Å²) in [5.41, 5.74) is 0.00575. The molecule has 124 valence electrons. The Hall–Kier alpha value is -0.120. The summed E-state index contributed by atoms with van der Waals surface area (Å²) < 4.78 is 0. The summed E-state index contributed by atoms with van der Waals surface area (Å²) in [6.45, 7) is 8.79. The van der Waals surface area contributed by atoms with Crippen molar-refractivity contribution in [3.63, 3.8) is 0 Å². The van der Waals surface area contributed by atoms with Gasteiger partial charge in [-0.2, -0.15) is 0 Å². The van der Waals surface area contributed by atoms with Crippen LogP contribution in [0.2, 0.25) is 0 Å². The SMILES string of the molecule is CCNCC1(CN(C)CC2(O)CCCC2)CCCC(C)C1. The van der Waals surface area contributed by atoms with Crippen LogP contribution >= 0.6 is 0 Å². The Bertz CT molecular complexity index is 314. The van der Waals surface area contributed by atoms with E-state index < -0.39 is 5.60 Å². The van der Waals surface area contributed by atoms with E-state index in [1.54, 1.807) is 0 Å². The van der Waals surface area contributed by atoms with Crippen LogP contribution in [0.25, 0.3) is 0 Å². The minimum absolute atomic E-state index is 0.408. The van der Waals surface area contributed by atoms with Gasteiger partial charge in [0, 0.05) is 19.6 Å². The Labute approximate surface area is 131 Å². The van der Waals surface area contributed by atoms with Gasteiger partial charge in [-0.25, -0.2) is 0 Å². The first-order valence-electron chi connectivity index (χ1n) is 9.09. The molecule has 2 aliphatic carbocycles. The molecule has 0 radical (unpaired) electrons. The molecule has 0 amide bonds. The van der Waals surface area contributed by atoms with Crippen LogP contribution in [0.4, 0.5) is 0 Å². The van der Waals surface area contributed by atoms with E-state index in [2.05, 4.69) is 31.1 Å². The highest BCUT2D eigenvalue weighted by Gasteiger charge is 2.38. The van der Waals surface area contributed by atoms with Crippen molar-refractivity contribution in [1.82, 2.24) is 10.2 Å². The van der Waals surface area contributed by atoms with Crippen molar-refractivity contribution in [1.29, 1.82) is 0 Å². The minimum atomic E-state index is -0.408. The minimum Gasteiger partial charge on any atom is -0.389 e. The van der Waals surface area contributed by atoms with Crippen LogP contribution in [0.15, 0.2) is 0 Å². The molecule has 3 heteroatoms. The zero-order chi connectivity index (χ0) is 15.3. The third-order valence-electron chi connectivity index (χ3n) is 5.64. The number of hydrogen-bond donors (Lipinski definition) is 2. The van der Waals surface area contributed by atoms with Gasteiger partial charge < -0.3 is 15.3 Å². The molecule has 2 unspecified atom stereocenters. The van der Waals surface area contributed by atoms with Gasteiger partial charge >= 0.3 is 0 Å². The van der Waals surface area contributed by atoms with Crippen LogP contribution in [0.3, 0.4) is 0 Å². The highest BCUT2D eigenvalue weighted by Crippen LogP contribution is 2.40. The predicted molar refractivity (Wildman–Crippen MR) is 89.5 cm³/mol. The van der Waals surface area contributed by atoms with Crippen molar-refractivity contribution in [3.8, 4) is 0 Å². The van der Waals surface area contributed by atoms with E-state index >= 15 is 0 Å². The van der Waals surface area contributed by atoms with Crippen LogP contribution in [-0.2, 0) is 0 Å². The smallest absolute Gasteiger partial charge is 0.0774 e. The Balaban J connectivity index is 1.93. The Morgan fingerprint density at radius 1 is 1.14 bits per heavy atom. The van der Waals surface area contributed by atoms with Crippen molar-refractivity contribution < 1.29 is 5.11 Å². The topological polar surface area (TPSA) is 35.5 Å². The molecule has 3 nitrogen and oxygen atoms in total. The largest absolute Gasteiger partial charge is 0.389 e. The summed E-state index contributed by atoms with van der Waals surface area (Å²) in [5, 5.41) is 14.2.